The first-order chi connectivity index (χ1) is 7.25. The molecule has 7 heteroatoms. The first-order valence-corrected chi connectivity index (χ1v) is 4.75. The fraction of sp³-hybridized carbons (Fsp3) is 0.625. The van der Waals surface area contributed by atoms with Gasteiger partial charge in [0.15, 0.2) is 0 Å². The summed E-state index contributed by atoms with van der Waals surface area (Å²) in [4.78, 5) is 9.96. The highest BCUT2D eigenvalue weighted by Gasteiger charge is 2.16. The van der Waals surface area contributed by atoms with Crippen molar-refractivity contribution in [3.8, 4) is 0 Å². The number of rotatable bonds is 3. The van der Waals surface area contributed by atoms with E-state index in [1.54, 1.807) is 0 Å². The van der Waals surface area contributed by atoms with Crippen LogP contribution in [0.25, 0.3) is 0 Å². The summed E-state index contributed by atoms with van der Waals surface area (Å²) in [6, 6.07) is 0. The zero-order valence-corrected chi connectivity index (χ0v) is 8.13. The molecule has 15 heavy (non-hydrogen) atoms. The van der Waals surface area contributed by atoms with Gasteiger partial charge in [0.05, 0.1) is 24.2 Å². The Morgan fingerprint density at radius 1 is 1.80 bits per heavy atom. The summed E-state index contributed by atoms with van der Waals surface area (Å²) in [5.41, 5.74) is 0.0127. The van der Waals surface area contributed by atoms with Gasteiger partial charge in [0, 0.05) is 13.1 Å². The van der Waals surface area contributed by atoms with E-state index in [1.807, 2.05) is 0 Å². The molecule has 1 N–H and O–H groups in total. The van der Waals surface area contributed by atoms with Crippen LogP contribution in [0.4, 0.5) is 5.69 Å². The fourth-order valence-corrected chi connectivity index (χ4v) is 1.49. The normalized spacial score (nSPS) is 21.5. The maximum absolute atomic E-state index is 10.4. The molecule has 0 amide bonds. The highest BCUT2D eigenvalue weighted by Crippen LogP contribution is 2.09. The molecule has 0 aromatic carbocycles. The van der Waals surface area contributed by atoms with Crippen molar-refractivity contribution in [2.24, 2.45) is 0 Å². The molecule has 0 aliphatic carbocycles. The molecule has 0 spiro atoms. The average Bonchev–Trinajstić information content (AvgIpc) is 2.68. The molecule has 1 aliphatic heterocycles. The number of aromatic nitrogens is 2. The number of nitrogens with one attached hydrogen (secondary N) is 1. The van der Waals surface area contributed by atoms with Crippen molar-refractivity contribution < 1.29 is 9.66 Å². The van der Waals surface area contributed by atoms with Crippen molar-refractivity contribution in [3.63, 3.8) is 0 Å². The van der Waals surface area contributed by atoms with Gasteiger partial charge in [0.1, 0.15) is 12.4 Å². The lowest BCUT2D eigenvalue weighted by Gasteiger charge is -2.23. The minimum absolute atomic E-state index is 0.0127. The van der Waals surface area contributed by atoms with E-state index in [0.717, 1.165) is 13.1 Å². The smallest absolute Gasteiger partial charge is 0.306 e. The van der Waals surface area contributed by atoms with Gasteiger partial charge < -0.3 is 10.1 Å². The van der Waals surface area contributed by atoms with Gasteiger partial charge in [-0.2, -0.15) is 5.10 Å². The third-order valence-corrected chi connectivity index (χ3v) is 2.23. The van der Waals surface area contributed by atoms with E-state index in [-0.39, 0.29) is 11.8 Å². The Bertz CT molecular complexity index is 345. The van der Waals surface area contributed by atoms with Crippen LogP contribution in [0.15, 0.2) is 12.4 Å². The molecule has 1 saturated heterocycles. The standard InChI is InChI=1S/C8H12N4O3/c13-12(14)7-3-10-11(5-7)6-8-4-9-1-2-15-8/h3,5,8-9H,1-2,4,6H2. The van der Waals surface area contributed by atoms with Crippen LogP contribution in [0.5, 0.6) is 0 Å². The van der Waals surface area contributed by atoms with E-state index < -0.39 is 4.92 Å². The van der Waals surface area contributed by atoms with Crippen molar-refractivity contribution in [2.45, 2.75) is 12.6 Å². The predicted molar refractivity (Wildman–Crippen MR) is 51.5 cm³/mol. The molecule has 2 heterocycles. The van der Waals surface area contributed by atoms with Gasteiger partial charge in [0.2, 0.25) is 0 Å². The van der Waals surface area contributed by atoms with Crippen LogP contribution < -0.4 is 5.32 Å². The van der Waals surface area contributed by atoms with Crippen LogP contribution in [0.3, 0.4) is 0 Å². The Labute approximate surface area is 86.2 Å². The molecule has 0 bridgehead atoms. The Balaban J connectivity index is 1.94. The fourth-order valence-electron chi connectivity index (χ4n) is 1.49. The summed E-state index contributed by atoms with van der Waals surface area (Å²) in [6.07, 6.45) is 2.70. The van der Waals surface area contributed by atoms with Crippen LogP contribution >= 0.6 is 0 Å². The quantitative estimate of drug-likeness (QED) is 0.553. The number of morpholine rings is 1. The molecule has 7 nitrogen and oxygen atoms in total. The van der Waals surface area contributed by atoms with E-state index in [9.17, 15) is 10.1 Å². The number of hydrogen-bond acceptors (Lipinski definition) is 5. The molecule has 1 atom stereocenters. The Morgan fingerprint density at radius 2 is 2.67 bits per heavy atom. The maximum atomic E-state index is 10.4. The average molecular weight is 212 g/mol. The zero-order valence-electron chi connectivity index (χ0n) is 8.13. The molecule has 0 radical (unpaired) electrons. The second-order valence-corrected chi connectivity index (χ2v) is 3.37. The summed E-state index contributed by atoms with van der Waals surface area (Å²) in [5.74, 6) is 0. The Morgan fingerprint density at radius 3 is 3.27 bits per heavy atom. The van der Waals surface area contributed by atoms with Crippen molar-refractivity contribution in [3.05, 3.63) is 22.5 Å². The second-order valence-electron chi connectivity index (χ2n) is 3.37. The molecule has 82 valence electrons. The first-order valence-electron chi connectivity index (χ1n) is 4.75. The molecule has 1 aromatic heterocycles. The summed E-state index contributed by atoms with van der Waals surface area (Å²) < 4.78 is 7.00. The van der Waals surface area contributed by atoms with E-state index in [1.165, 1.54) is 17.1 Å². The van der Waals surface area contributed by atoms with Crippen molar-refractivity contribution in [1.82, 2.24) is 15.1 Å². The molecular weight excluding hydrogens is 200 g/mol. The van der Waals surface area contributed by atoms with Gasteiger partial charge >= 0.3 is 5.69 Å². The lowest BCUT2D eigenvalue weighted by Crippen LogP contribution is -2.40. The zero-order chi connectivity index (χ0) is 10.7. The highest BCUT2D eigenvalue weighted by atomic mass is 16.6. The van der Waals surface area contributed by atoms with Crippen LogP contribution in [0, 0.1) is 10.1 Å². The summed E-state index contributed by atoms with van der Waals surface area (Å²) in [6.45, 7) is 2.83. The molecule has 0 saturated carbocycles. The molecule has 1 aliphatic rings. The highest BCUT2D eigenvalue weighted by molar-refractivity contribution is 5.20. The van der Waals surface area contributed by atoms with Gasteiger partial charge in [-0.1, -0.05) is 0 Å². The first kappa shape index (κ1) is 10.1. The third kappa shape index (κ3) is 2.51. The van der Waals surface area contributed by atoms with Crippen molar-refractivity contribution in [1.29, 1.82) is 0 Å². The summed E-state index contributed by atoms with van der Waals surface area (Å²) in [5, 5.41) is 17.5. The van der Waals surface area contributed by atoms with E-state index >= 15 is 0 Å². The Kier molecular flexibility index (Phi) is 2.93. The van der Waals surface area contributed by atoms with Crippen LogP contribution in [0.1, 0.15) is 0 Å². The molecule has 1 fully saturated rings. The summed E-state index contributed by atoms with van der Waals surface area (Å²) >= 11 is 0. The monoisotopic (exact) mass is 212 g/mol. The largest absolute Gasteiger partial charge is 0.374 e. The topological polar surface area (TPSA) is 82.2 Å². The lowest BCUT2D eigenvalue weighted by atomic mass is 10.3. The minimum atomic E-state index is -0.455. The molecule has 1 unspecified atom stereocenters. The Hall–Kier alpha value is -1.47. The lowest BCUT2D eigenvalue weighted by molar-refractivity contribution is -0.385. The van der Waals surface area contributed by atoms with E-state index in [4.69, 9.17) is 4.74 Å². The van der Waals surface area contributed by atoms with Gasteiger partial charge in [-0.25, -0.2) is 0 Å². The number of nitro groups is 1. The predicted octanol–water partition coefficient (Wildman–Crippen LogP) is -0.220. The SMILES string of the molecule is O=[N+]([O-])c1cnn(CC2CNCCO2)c1. The van der Waals surface area contributed by atoms with Gasteiger partial charge in [0.25, 0.3) is 0 Å². The van der Waals surface area contributed by atoms with Crippen molar-refractivity contribution >= 4 is 5.69 Å². The second kappa shape index (κ2) is 4.37. The molecular formula is C8H12N4O3. The van der Waals surface area contributed by atoms with Crippen LogP contribution in [-0.2, 0) is 11.3 Å². The maximum Gasteiger partial charge on any atom is 0.306 e. The van der Waals surface area contributed by atoms with Crippen LogP contribution in [-0.4, -0.2) is 40.5 Å². The number of ether oxygens (including phenoxy) is 1. The summed E-state index contributed by atoms with van der Waals surface area (Å²) in [7, 11) is 0. The molecule has 1 aromatic rings. The van der Waals surface area contributed by atoms with Gasteiger partial charge in [-0.3, -0.25) is 14.8 Å². The molecule has 2 rings (SSSR count). The minimum Gasteiger partial charge on any atom is -0.374 e. The van der Waals surface area contributed by atoms with Gasteiger partial charge in [-0.05, 0) is 0 Å². The third-order valence-electron chi connectivity index (χ3n) is 2.23. The van der Waals surface area contributed by atoms with Gasteiger partial charge in [-0.15, -0.1) is 0 Å². The van der Waals surface area contributed by atoms with Crippen LogP contribution in [0.2, 0.25) is 0 Å². The van der Waals surface area contributed by atoms with E-state index in [2.05, 4.69) is 10.4 Å². The van der Waals surface area contributed by atoms with Crippen molar-refractivity contribution in [2.75, 3.05) is 19.7 Å². The van der Waals surface area contributed by atoms with E-state index in [0.29, 0.717) is 13.2 Å². The number of hydrogen-bond donors (Lipinski definition) is 1. The number of nitrogens with zero attached hydrogens (tertiary/aromatic N) is 3.